The normalized spacial score (nSPS) is 15.2. The number of hydrogen-bond donors (Lipinski definition) is 0. The number of allylic oxidation sites excluding steroid dienone is 5. The summed E-state index contributed by atoms with van der Waals surface area (Å²) in [7, 11) is 0. The Labute approximate surface area is 64.2 Å². The number of hydrogen-bond acceptors (Lipinski definition) is 1. The number of rotatable bonds is 0. The lowest BCUT2D eigenvalue weighted by molar-refractivity contribution is 1.49. The van der Waals surface area contributed by atoms with Gasteiger partial charge in [0.05, 0.1) is 10.6 Å². The Bertz CT molecular complexity index is 296. The van der Waals surface area contributed by atoms with Crippen LogP contribution < -0.4 is 0 Å². The molecule has 10 heavy (non-hydrogen) atoms. The van der Waals surface area contributed by atoms with Crippen LogP contribution in [-0.2, 0) is 0 Å². The molecule has 0 bridgehead atoms. The van der Waals surface area contributed by atoms with E-state index in [0.717, 1.165) is 0 Å². The van der Waals surface area contributed by atoms with E-state index in [4.69, 9.17) is 16.9 Å². The molecule has 0 aromatic carbocycles. The van der Waals surface area contributed by atoms with Gasteiger partial charge < -0.3 is 0 Å². The van der Waals surface area contributed by atoms with Crippen molar-refractivity contribution in [2.24, 2.45) is 0 Å². The lowest BCUT2D eigenvalue weighted by Crippen LogP contribution is -1.72. The smallest absolute Gasteiger partial charge is 0.101 e. The van der Waals surface area contributed by atoms with Crippen molar-refractivity contribution >= 4 is 11.6 Å². The zero-order valence-corrected chi connectivity index (χ0v) is 5.89. The molecule has 0 aromatic rings. The van der Waals surface area contributed by atoms with Gasteiger partial charge in [-0.1, -0.05) is 17.7 Å². The van der Waals surface area contributed by atoms with Crippen molar-refractivity contribution in [3.63, 3.8) is 0 Å². The second-order valence-corrected chi connectivity index (χ2v) is 2.12. The molecule has 0 radical (unpaired) electrons. The van der Waals surface area contributed by atoms with Crippen LogP contribution in [0.4, 0.5) is 0 Å². The summed E-state index contributed by atoms with van der Waals surface area (Å²) in [5.41, 5.74) is 3.23. The quantitative estimate of drug-likeness (QED) is 0.485. The Kier molecular flexibility index (Phi) is 2.12. The van der Waals surface area contributed by atoms with E-state index in [2.05, 4.69) is 5.73 Å². The minimum Gasteiger partial charge on any atom is -0.192 e. The molecule has 0 amide bonds. The Balaban J connectivity index is 3.16. The second kappa shape index (κ2) is 3.08. The van der Waals surface area contributed by atoms with E-state index in [0.29, 0.717) is 10.6 Å². The maximum absolute atomic E-state index is 8.48. The molecular formula is C8H4ClN. The molecule has 0 N–H and O–H groups in total. The first-order chi connectivity index (χ1) is 4.84. The van der Waals surface area contributed by atoms with Gasteiger partial charge in [0.2, 0.25) is 0 Å². The van der Waals surface area contributed by atoms with Crippen molar-refractivity contribution in [2.45, 2.75) is 0 Å². The third kappa shape index (κ3) is 1.39. The minimum absolute atomic E-state index is 0.451. The van der Waals surface area contributed by atoms with Crippen molar-refractivity contribution in [3.8, 4) is 6.07 Å². The van der Waals surface area contributed by atoms with Gasteiger partial charge in [-0.2, -0.15) is 5.26 Å². The molecule has 0 saturated heterocycles. The molecule has 1 nitrogen and oxygen atoms in total. The molecule has 0 fully saturated rings. The van der Waals surface area contributed by atoms with Crippen molar-refractivity contribution in [1.82, 2.24) is 0 Å². The Morgan fingerprint density at radius 1 is 1.60 bits per heavy atom. The molecular weight excluding hydrogens is 146 g/mol. The average molecular weight is 150 g/mol. The highest BCUT2D eigenvalue weighted by Gasteiger charge is 1.96. The number of nitrogens with zero attached hydrogens (tertiary/aromatic N) is 1. The highest BCUT2D eigenvalue weighted by Crippen LogP contribution is 2.12. The van der Waals surface area contributed by atoms with E-state index in [9.17, 15) is 0 Å². The average Bonchev–Trinajstić information content (AvgIpc) is 2.13. The molecule has 0 unspecified atom stereocenters. The third-order valence-electron chi connectivity index (χ3n) is 1.04. The van der Waals surface area contributed by atoms with E-state index in [1.165, 1.54) is 0 Å². The first kappa shape index (κ1) is 6.89. The van der Waals surface area contributed by atoms with Gasteiger partial charge in [0.25, 0.3) is 0 Å². The van der Waals surface area contributed by atoms with E-state index in [1.807, 2.05) is 6.07 Å². The molecule has 0 saturated carbocycles. The molecule has 0 aromatic heterocycles. The first-order valence-corrected chi connectivity index (χ1v) is 3.11. The SMILES string of the molecule is N#CC1=C(Cl)C=CC=C=C1. The maximum atomic E-state index is 8.48. The van der Waals surface area contributed by atoms with Gasteiger partial charge in [0.1, 0.15) is 6.07 Å². The summed E-state index contributed by atoms with van der Waals surface area (Å²) in [5, 5.41) is 8.94. The van der Waals surface area contributed by atoms with Crippen LogP contribution in [0.1, 0.15) is 0 Å². The fraction of sp³-hybridized carbons (Fsp3) is 0. The molecule has 0 spiro atoms. The van der Waals surface area contributed by atoms with Crippen LogP contribution in [0.3, 0.4) is 0 Å². The van der Waals surface area contributed by atoms with Gasteiger partial charge in [0, 0.05) is 0 Å². The van der Waals surface area contributed by atoms with Crippen LogP contribution in [0, 0.1) is 11.3 Å². The minimum atomic E-state index is 0.451. The summed E-state index contributed by atoms with van der Waals surface area (Å²) >= 11 is 5.67. The molecule has 1 aliphatic carbocycles. The summed E-state index contributed by atoms with van der Waals surface area (Å²) < 4.78 is 0. The van der Waals surface area contributed by atoms with Crippen LogP contribution >= 0.6 is 11.6 Å². The summed E-state index contributed by atoms with van der Waals surface area (Å²) in [6.07, 6.45) is 6.66. The molecule has 2 heteroatoms. The van der Waals surface area contributed by atoms with Crippen molar-refractivity contribution in [3.05, 3.63) is 40.6 Å². The number of nitriles is 1. The molecule has 0 aliphatic heterocycles. The predicted octanol–water partition coefficient (Wildman–Crippen LogP) is 2.28. The summed E-state index contributed by atoms with van der Waals surface area (Å²) in [6.45, 7) is 0. The van der Waals surface area contributed by atoms with E-state index < -0.39 is 0 Å². The molecule has 48 valence electrons. The van der Waals surface area contributed by atoms with E-state index >= 15 is 0 Å². The second-order valence-electron chi connectivity index (χ2n) is 1.71. The maximum Gasteiger partial charge on any atom is 0.101 e. The topological polar surface area (TPSA) is 23.8 Å². The lowest BCUT2D eigenvalue weighted by Gasteiger charge is -1.85. The van der Waals surface area contributed by atoms with Crippen LogP contribution in [0.2, 0.25) is 0 Å². The zero-order chi connectivity index (χ0) is 7.40. The van der Waals surface area contributed by atoms with Crippen LogP contribution in [0.15, 0.2) is 40.6 Å². The highest BCUT2D eigenvalue weighted by molar-refractivity contribution is 6.32. The standard InChI is InChI=1S/C8H4ClN/c9-8-5-3-1-2-4-7(8)6-10/h1,3-5H. The predicted molar refractivity (Wildman–Crippen MR) is 40.3 cm³/mol. The largest absolute Gasteiger partial charge is 0.192 e. The van der Waals surface area contributed by atoms with Crippen molar-refractivity contribution in [2.75, 3.05) is 0 Å². The molecule has 1 aliphatic rings. The van der Waals surface area contributed by atoms with Crippen molar-refractivity contribution < 1.29 is 0 Å². The van der Waals surface area contributed by atoms with Gasteiger partial charge in [-0.05, 0) is 18.2 Å². The Hall–Kier alpha value is -1.22. The van der Waals surface area contributed by atoms with Crippen LogP contribution in [0.5, 0.6) is 0 Å². The summed E-state index contributed by atoms with van der Waals surface area (Å²) in [5.74, 6) is 0. The fourth-order valence-electron chi connectivity index (χ4n) is 0.564. The van der Waals surface area contributed by atoms with E-state index in [1.54, 1.807) is 24.3 Å². The van der Waals surface area contributed by atoms with Crippen LogP contribution in [-0.4, -0.2) is 0 Å². The van der Waals surface area contributed by atoms with Gasteiger partial charge in [-0.15, -0.1) is 5.73 Å². The Morgan fingerprint density at radius 3 is 3.10 bits per heavy atom. The van der Waals surface area contributed by atoms with Gasteiger partial charge >= 0.3 is 0 Å². The van der Waals surface area contributed by atoms with Crippen molar-refractivity contribution in [1.29, 1.82) is 5.26 Å². The third-order valence-corrected chi connectivity index (χ3v) is 1.37. The first-order valence-electron chi connectivity index (χ1n) is 2.73. The monoisotopic (exact) mass is 149 g/mol. The number of halogens is 1. The molecule has 0 atom stereocenters. The fourth-order valence-corrected chi connectivity index (χ4v) is 0.734. The zero-order valence-electron chi connectivity index (χ0n) is 5.13. The van der Waals surface area contributed by atoms with Gasteiger partial charge in [0.15, 0.2) is 0 Å². The van der Waals surface area contributed by atoms with E-state index in [-0.39, 0.29) is 0 Å². The lowest BCUT2D eigenvalue weighted by atomic mass is 10.3. The van der Waals surface area contributed by atoms with Gasteiger partial charge in [-0.25, -0.2) is 0 Å². The molecule has 0 heterocycles. The molecule has 1 rings (SSSR count). The summed E-state index contributed by atoms with van der Waals surface area (Å²) in [6, 6.07) is 1.95. The highest BCUT2D eigenvalue weighted by atomic mass is 35.5. The Morgan fingerprint density at radius 2 is 2.40 bits per heavy atom. The van der Waals surface area contributed by atoms with Crippen LogP contribution in [0.25, 0.3) is 0 Å². The van der Waals surface area contributed by atoms with Gasteiger partial charge in [-0.3, -0.25) is 0 Å². The summed E-state index contributed by atoms with van der Waals surface area (Å²) in [4.78, 5) is 0.